The van der Waals surface area contributed by atoms with Crippen molar-refractivity contribution in [2.75, 3.05) is 4.90 Å². The number of hydrogen-bond acceptors (Lipinski definition) is 6. The minimum atomic E-state index is -0.874. The summed E-state index contributed by atoms with van der Waals surface area (Å²) in [5.74, 6) is -1.33. The Morgan fingerprint density at radius 1 is 1.14 bits per heavy atom. The topological polar surface area (TPSA) is 83.6 Å². The van der Waals surface area contributed by atoms with Crippen molar-refractivity contribution in [1.82, 2.24) is 4.98 Å². The maximum absolute atomic E-state index is 12.9. The molecule has 1 saturated heterocycles. The third-order valence-electron chi connectivity index (χ3n) is 4.81. The van der Waals surface area contributed by atoms with Gasteiger partial charge < -0.3 is 9.52 Å². The summed E-state index contributed by atoms with van der Waals surface area (Å²) in [5, 5.41) is 11.3. The molecule has 0 spiro atoms. The number of furan rings is 1. The Kier molecular flexibility index (Phi) is 4.39. The second-order valence-electron chi connectivity index (χ2n) is 6.69. The first-order valence-electron chi connectivity index (χ1n) is 8.74. The fraction of sp³-hybridized carbons (Fsp3) is 0.190. The molecule has 1 amide bonds. The zero-order chi connectivity index (χ0) is 20.0. The normalized spacial score (nSPS) is 18.8. The van der Waals surface area contributed by atoms with Gasteiger partial charge in [-0.1, -0.05) is 29.8 Å². The highest BCUT2D eigenvalue weighted by molar-refractivity contribution is 7.16. The van der Waals surface area contributed by atoms with Gasteiger partial charge in [0.15, 0.2) is 5.13 Å². The van der Waals surface area contributed by atoms with E-state index < -0.39 is 17.7 Å². The molecule has 6 nitrogen and oxygen atoms in total. The number of anilines is 1. The third-order valence-corrected chi connectivity index (χ3v) is 5.88. The molecule has 7 heteroatoms. The Morgan fingerprint density at radius 3 is 2.43 bits per heavy atom. The van der Waals surface area contributed by atoms with Gasteiger partial charge in [-0.05, 0) is 32.9 Å². The Hall–Kier alpha value is -3.19. The predicted octanol–water partition coefficient (Wildman–Crippen LogP) is 4.29. The van der Waals surface area contributed by atoms with Crippen LogP contribution in [-0.2, 0) is 9.59 Å². The lowest BCUT2D eigenvalue weighted by atomic mass is 9.99. The molecule has 28 heavy (non-hydrogen) atoms. The first-order valence-corrected chi connectivity index (χ1v) is 9.55. The zero-order valence-electron chi connectivity index (χ0n) is 15.6. The number of aliphatic hydroxyl groups excluding tert-OH is 1. The van der Waals surface area contributed by atoms with Crippen molar-refractivity contribution in [3.8, 4) is 0 Å². The average Bonchev–Trinajstić information content (AvgIpc) is 3.36. The van der Waals surface area contributed by atoms with Gasteiger partial charge in [-0.25, -0.2) is 4.98 Å². The molecule has 3 heterocycles. The predicted molar refractivity (Wildman–Crippen MR) is 106 cm³/mol. The molecule has 3 aromatic rings. The van der Waals surface area contributed by atoms with E-state index in [1.807, 2.05) is 32.9 Å². The van der Waals surface area contributed by atoms with Gasteiger partial charge in [0, 0.05) is 10.4 Å². The summed E-state index contributed by atoms with van der Waals surface area (Å²) < 4.78 is 5.52. The maximum atomic E-state index is 12.9. The Labute approximate surface area is 165 Å². The van der Waals surface area contributed by atoms with Crippen molar-refractivity contribution in [3.63, 3.8) is 0 Å². The largest absolute Gasteiger partial charge is 0.507 e. The monoisotopic (exact) mass is 394 g/mol. The van der Waals surface area contributed by atoms with Crippen LogP contribution in [0.1, 0.15) is 33.5 Å². The lowest BCUT2D eigenvalue weighted by Crippen LogP contribution is -2.29. The fourth-order valence-corrected chi connectivity index (χ4v) is 4.11. The van der Waals surface area contributed by atoms with Crippen LogP contribution in [0.15, 0.2) is 52.7 Å². The second-order valence-corrected chi connectivity index (χ2v) is 7.87. The van der Waals surface area contributed by atoms with Gasteiger partial charge in [-0.3, -0.25) is 14.5 Å². The quantitative estimate of drug-likeness (QED) is 0.407. The highest BCUT2D eigenvalue weighted by Gasteiger charge is 2.49. The van der Waals surface area contributed by atoms with E-state index >= 15 is 0 Å². The van der Waals surface area contributed by atoms with Gasteiger partial charge in [0.2, 0.25) is 0 Å². The van der Waals surface area contributed by atoms with Crippen molar-refractivity contribution in [2.45, 2.75) is 26.8 Å². The van der Waals surface area contributed by atoms with E-state index in [1.54, 1.807) is 24.3 Å². The van der Waals surface area contributed by atoms with Crippen LogP contribution in [0.3, 0.4) is 0 Å². The van der Waals surface area contributed by atoms with Crippen LogP contribution >= 0.6 is 11.3 Å². The highest BCUT2D eigenvalue weighted by Crippen LogP contribution is 2.43. The number of ketones is 1. The standard InChI is InChI=1S/C21H18N2O4S/c1-11-6-8-14(9-7-11)18(24)16-17(15-5-4-10-27-15)23(20(26)19(16)25)21-22-12(2)13(3)28-21/h4-10,17,24H,1-3H3. The first kappa shape index (κ1) is 18.2. The van der Waals surface area contributed by atoms with Gasteiger partial charge in [-0.15, -0.1) is 11.3 Å². The van der Waals surface area contributed by atoms with Crippen molar-refractivity contribution in [1.29, 1.82) is 0 Å². The molecule has 2 aromatic heterocycles. The van der Waals surface area contributed by atoms with Gasteiger partial charge >= 0.3 is 5.91 Å². The van der Waals surface area contributed by atoms with Crippen LogP contribution < -0.4 is 4.90 Å². The molecule has 1 fully saturated rings. The summed E-state index contributed by atoms with van der Waals surface area (Å²) in [6.07, 6.45) is 1.47. The van der Waals surface area contributed by atoms with Gasteiger partial charge in [0.1, 0.15) is 17.6 Å². The van der Waals surface area contributed by atoms with Crippen LogP contribution in [0, 0.1) is 20.8 Å². The first-order chi connectivity index (χ1) is 13.4. The SMILES string of the molecule is Cc1ccc(C(O)=C2C(=O)C(=O)N(c3nc(C)c(C)s3)C2c2ccco2)cc1. The van der Waals surface area contributed by atoms with Crippen molar-refractivity contribution in [2.24, 2.45) is 0 Å². The molecule has 1 N–H and O–H groups in total. The number of carbonyl (C=O) groups is 2. The number of aryl methyl sites for hydroxylation is 3. The Balaban J connectivity index is 1.92. The lowest BCUT2D eigenvalue weighted by Gasteiger charge is -2.20. The molecule has 0 aliphatic carbocycles. The van der Waals surface area contributed by atoms with Crippen LogP contribution in [-0.4, -0.2) is 21.8 Å². The number of aromatic nitrogens is 1. The summed E-state index contributed by atoms with van der Waals surface area (Å²) in [6.45, 7) is 5.68. The number of benzene rings is 1. The van der Waals surface area contributed by atoms with Crippen LogP contribution in [0.25, 0.3) is 5.76 Å². The molecule has 1 aliphatic rings. The summed E-state index contributed by atoms with van der Waals surface area (Å²) in [4.78, 5) is 32.5. The van der Waals surface area contributed by atoms with E-state index in [1.165, 1.54) is 22.5 Å². The maximum Gasteiger partial charge on any atom is 0.302 e. The van der Waals surface area contributed by atoms with E-state index in [0.29, 0.717) is 16.5 Å². The van der Waals surface area contributed by atoms with E-state index in [0.717, 1.165) is 16.1 Å². The molecular weight excluding hydrogens is 376 g/mol. The van der Waals surface area contributed by atoms with Crippen LogP contribution in [0.4, 0.5) is 5.13 Å². The fourth-order valence-electron chi connectivity index (χ4n) is 3.17. The van der Waals surface area contributed by atoms with E-state index in [2.05, 4.69) is 4.98 Å². The molecule has 4 rings (SSSR count). The molecule has 0 bridgehead atoms. The van der Waals surface area contributed by atoms with Crippen molar-refractivity contribution in [3.05, 3.63) is 75.7 Å². The van der Waals surface area contributed by atoms with Gasteiger partial charge in [0.05, 0.1) is 17.5 Å². The highest BCUT2D eigenvalue weighted by atomic mass is 32.1. The molecule has 1 unspecified atom stereocenters. The molecule has 142 valence electrons. The number of carbonyl (C=O) groups excluding carboxylic acids is 2. The zero-order valence-corrected chi connectivity index (χ0v) is 16.4. The number of Topliss-reactive ketones (excluding diaryl/α,β-unsaturated/α-hetero) is 1. The van der Waals surface area contributed by atoms with Gasteiger partial charge in [0.25, 0.3) is 5.78 Å². The van der Waals surface area contributed by atoms with Crippen molar-refractivity contribution < 1.29 is 19.1 Å². The smallest absolute Gasteiger partial charge is 0.302 e. The summed E-state index contributed by atoms with van der Waals surface area (Å²) >= 11 is 1.33. The van der Waals surface area contributed by atoms with Crippen LogP contribution in [0.2, 0.25) is 0 Å². The summed E-state index contributed by atoms with van der Waals surface area (Å²) in [6, 6.07) is 9.59. The minimum Gasteiger partial charge on any atom is -0.507 e. The molecule has 1 aromatic carbocycles. The second kappa shape index (κ2) is 6.76. The molecular formula is C21H18N2O4S. The number of thiazole rings is 1. The Morgan fingerprint density at radius 2 is 1.86 bits per heavy atom. The number of amides is 1. The molecule has 0 saturated carbocycles. The number of nitrogens with zero attached hydrogens (tertiary/aromatic N) is 2. The van der Waals surface area contributed by atoms with E-state index in [-0.39, 0.29) is 11.3 Å². The van der Waals surface area contributed by atoms with Crippen molar-refractivity contribution >= 4 is 33.9 Å². The average molecular weight is 394 g/mol. The number of rotatable bonds is 3. The molecule has 1 atom stereocenters. The summed E-state index contributed by atoms with van der Waals surface area (Å²) in [7, 11) is 0. The summed E-state index contributed by atoms with van der Waals surface area (Å²) in [5.41, 5.74) is 2.27. The van der Waals surface area contributed by atoms with E-state index in [9.17, 15) is 14.7 Å². The third kappa shape index (κ3) is 2.84. The minimum absolute atomic E-state index is 0.00527. The molecule has 1 aliphatic heterocycles. The number of hydrogen-bond donors (Lipinski definition) is 1. The van der Waals surface area contributed by atoms with Crippen LogP contribution in [0.5, 0.6) is 0 Å². The van der Waals surface area contributed by atoms with Gasteiger partial charge in [-0.2, -0.15) is 0 Å². The Bertz CT molecular complexity index is 1070. The molecule has 0 radical (unpaired) electrons. The number of aliphatic hydroxyl groups is 1. The van der Waals surface area contributed by atoms with E-state index in [4.69, 9.17) is 4.42 Å². The lowest BCUT2D eigenvalue weighted by molar-refractivity contribution is -0.132.